The normalized spacial score (nSPS) is 19.2. The molecule has 1 saturated heterocycles. The Labute approximate surface area is 508 Å². The minimum Gasteiger partial charge on any atom is -0.394 e. The van der Waals surface area contributed by atoms with Gasteiger partial charge in [0.05, 0.1) is 25.4 Å². The van der Waals surface area contributed by atoms with Gasteiger partial charge < -0.3 is 40.3 Å². The number of nitrogens with one attached hydrogen (secondary N) is 1. The van der Waals surface area contributed by atoms with Gasteiger partial charge >= 0.3 is 0 Å². The quantitative estimate of drug-likeness (QED) is 0.0261. The van der Waals surface area contributed by atoms with E-state index in [0.717, 1.165) is 109 Å². The molecule has 0 aliphatic carbocycles. The van der Waals surface area contributed by atoms with Crippen molar-refractivity contribution in [1.29, 1.82) is 0 Å². The van der Waals surface area contributed by atoms with Crippen LogP contribution < -0.4 is 5.32 Å². The number of carbonyl (C=O) groups is 1. The minimum absolute atomic E-state index is 0.215. The molecule has 1 heterocycles. The Morgan fingerprint density at radius 2 is 0.759 bits per heavy atom. The van der Waals surface area contributed by atoms with Crippen LogP contribution in [0.25, 0.3) is 0 Å². The first-order valence-corrected chi connectivity index (χ1v) is 33.6. The number of hydrogen-bond donors (Lipinski definition) is 6. The van der Waals surface area contributed by atoms with Crippen LogP contribution in [0, 0.1) is 0 Å². The largest absolute Gasteiger partial charge is 0.394 e. The predicted molar refractivity (Wildman–Crippen MR) is 354 cm³/mol. The lowest BCUT2D eigenvalue weighted by Crippen LogP contribution is -2.60. The molecule has 0 bridgehead atoms. The van der Waals surface area contributed by atoms with Gasteiger partial charge in [0, 0.05) is 6.42 Å². The van der Waals surface area contributed by atoms with E-state index in [1.54, 1.807) is 6.08 Å². The van der Waals surface area contributed by atoms with Crippen LogP contribution in [0.4, 0.5) is 0 Å². The highest BCUT2D eigenvalue weighted by Crippen LogP contribution is 2.23. The number of amides is 1. The Kier molecular flexibility index (Phi) is 56.8. The van der Waals surface area contributed by atoms with Crippen LogP contribution in [-0.4, -0.2) is 87.5 Å². The number of aliphatic hydroxyl groups excluding tert-OH is 5. The zero-order chi connectivity index (χ0) is 60.0. The third-order valence-corrected chi connectivity index (χ3v) is 14.9. The molecule has 1 rings (SSSR count). The summed E-state index contributed by atoms with van der Waals surface area (Å²) in [6, 6.07) is -0.849. The molecule has 472 valence electrons. The standard InChI is InChI=1S/C74H123NO8/c1-3-5-7-9-11-13-15-17-19-21-23-25-27-29-30-31-32-33-34-35-36-37-38-40-42-44-46-48-50-52-54-56-58-60-62-64-70(78)75-67(66-82-74-73(81)72(80)71(79)69(65-76)83-74)68(77)63-61-59-57-55-53-51-49-47-45-43-41-39-28-26-24-22-20-18-16-14-12-10-8-6-4-2/h5,7,11,13,17,19,23,25,29-30,32-33,35-36,38,40,44,46,50,52-53,55,61,63,67-69,71-74,76-77,79-81H,3-4,6,8-10,12,14-16,18,20-22,24,26-28,31,34,37,39,41-43,45,47-49,51,54,56-60,62,64-66H2,1-2H3,(H,75,78)/b7-5-,13-11-,19-17-,25-23-,30-29-,33-32-,36-35-,40-38-,46-44-,52-50-,55-53+,63-61+. The molecule has 9 heteroatoms. The minimum atomic E-state index is -1.59. The van der Waals surface area contributed by atoms with Gasteiger partial charge in [0.1, 0.15) is 24.4 Å². The molecule has 0 aromatic rings. The van der Waals surface area contributed by atoms with Gasteiger partial charge in [-0.15, -0.1) is 0 Å². The zero-order valence-electron chi connectivity index (χ0n) is 52.6. The number of carbonyl (C=O) groups excluding carboxylic acids is 1. The fourth-order valence-electron chi connectivity index (χ4n) is 9.67. The third kappa shape index (κ3) is 50.0. The molecule has 0 aromatic heterocycles. The summed E-state index contributed by atoms with van der Waals surface area (Å²) in [4.78, 5) is 13.1. The maximum absolute atomic E-state index is 13.1. The van der Waals surface area contributed by atoms with Crippen LogP contribution in [0.2, 0.25) is 0 Å². The Hall–Kier alpha value is -3.93. The Balaban J connectivity index is 2.24. The summed E-state index contributed by atoms with van der Waals surface area (Å²) in [6.45, 7) is 3.64. The Bertz CT molecular complexity index is 1820. The van der Waals surface area contributed by atoms with E-state index in [2.05, 4.69) is 153 Å². The summed E-state index contributed by atoms with van der Waals surface area (Å²) in [5.41, 5.74) is 0. The van der Waals surface area contributed by atoms with E-state index in [0.29, 0.717) is 12.8 Å². The summed E-state index contributed by atoms with van der Waals surface area (Å²) in [5.74, 6) is -0.215. The van der Waals surface area contributed by atoms with Crippen molar-refractivity contribution in [3.8, 4) is 0 Å². The fraction of sp³-hybridized carbons (Fsp3) is 0.662. The van der Waals surface area contributed by atoms with Gasteiger partial charge in [-0.3, -0.25) is 4.79 Å². The molecule has 0 aromatic carbocycles. The number of allylic oxidation sites excluding steroid dienone is 23. The fourth-order valence-corrected chi connectivity index (χ4v) is 9.67. The maximum Gasteiger partial charge on any atom is 0.220 e. The number of unbranched alkanes of at least 4 members (excludes halogenated alkanes) is 24. The second-order valence-corrected chi connectivity index (χ2v) is 22.5. The van der Waals surface area contributed by atoms with Crippen molar-refractivity contribution in [2.24, 2.45) is 0 Å². The highest BCUT2D eigenvalue weighted by atomic mass is 16.7. The molecule has 0 saturated carbocycles. The number of aliphatic hydroxyl groups is 5. The summed E-state index contributed by atoms with van der Waals surface area (Å²) in [7, 11) is 0. The van der Waals surface area contributed by atoms with E-state index in [9.17, 15) is 30.3 Å². The average Bonchev–Trinajstić information content (AvgIpc) is 3.60. The molecule has 0 spiro atoms. The van der Waals surface area contributed by atoms with Crippen LogP contribution in [0.1, 0.15) is 258 Å². The second-order valence-electron chi connectivity index (χ2n) is 22.5. The van der Waals surface area contributed by atoms with Crippen LogP contribution in [-0.2, 0) is 14.3 Å². The van der Waals surface area contributed by atoms with Crippen LogP contribution in [0.3, 0.4) is 0 Å². The molecule has 9 nitrogen and oxygen atoms in total. The molecular formula is C74H123NO8. The van der Waals surface area contributed by atoms with E-state index < -0.39 is 49.5 Å². The first kappa shape index (κ1) is 77.1. The Morgan fingerprint density at radius 1 is 0.422 bits per heavy atom. The number of ether oxygens (including phenoxy) is 2. The molecule has 7 unspecified atom stereocenters. The number of hydrogen-bond acceptors (Lipinski definition) is 8. The third-order valence-electron chi connectivity index (χ3n) is 14.9. The van der Waals surface area contributed by atoms with Gasteiger partial charge in [0.2, 0.25) is 5.91 Å². The predicted octanol–water partition coefficient (Wildman–Crippen LogP) is 18.2. The molecular weight excluding hydrogens is 1030 g/mol. The van der Waals surface area contributed by atoms with Crippen molar-refractivity contribution in [2.45, 2.75) is 301 Å². The summed E-state index contributed by atoms with van der Waals surface area (Å²) < 4.78 is 11.3. The van der Waals surface area contributed by atoms with Crippen molar-refractivity contribution in [2.75, 3.05) is 13.2 Å². The van der Waals surface area contributed by atoms with Crippen molar-refractivity contribution >= 4 is 5.91 Å². The summed E-state index contributed by atoms with van der Waals surface area (Å²) in [6.07, 6.45) is 87.9. The molecule has 83 heavy (non-hydrogen) atoms. The first-order valence-electron chi connectivity index (χ1n) is 33.6. The summed E-state index contributed by atoms with van der Waals surface area (Å²) >= 11 is 0. The number of rotatable bonds is 56. The lowest BCUT2D eigenvalue weighted by atomic mass is 9.99. The molecule has 7 atom stereocenters. The smallest absolute Gasteiger partial charge is 0.220 e. The molecule has 1 aliphatic rings. The van der Waals surface area contributed by atoms with Crippen LogP contribution in [0.15, 0.2) is 146 Å². The van der Waals surface area contributed by atoms with Gasteiger partial charge in [-0.2, -0.15) is 0 Å². The van der Waals surface area contributed by atoms with E-state index in [-0.39, 0.29) is 12.5 Å². The molecule has 1 amide bonds. The van der Waals surface area contributed by atoms with Crippen molar-refractivity contribution in [1.82, 2.24) is 5.32 Å². The van der Waals surface area contributed by atoms with Gasteiger partial charge in [-0.25, -0.2) is 0 Å². The van der Waals surface area contributed by atoms with Crippen molar-refractivity contribution < 1.29 is 39.8 Å². The monoisotopic (exact) mass is 1150 g/mol. The Morgan fingerprint density at radius 3 is 1.16 bits per heavy atom. The van der Waals surface area contributed by atoms with Crippen LogP contribution >= 0.6 is 0 Å². The first-order chi connectivity index (χ1) is 40.8. The topological polar surface area (TPSA) is 149 Å². The van der Waals surface area contributed by atoms with Crippen molar-refractivity contribution in [3.63, 3.8) is 0 Å². The van der Waals surface area contributed by atoms with Gasteiger partial charge in [-0.05, 0) is 109 Å². The van der Waals surface area contributed by atoms with E-state index in [4.69, 9.17) is 9.47 Å². The highest BCUT2D eigenvalue weighted by molar-refractivity contribution is 5.76. The lowest BCUT2D eigenvalue weighted by molar-refractivity contribution is -0.302. The second kappa shape index (κ2) is 61.2. The van der Waals surface area contributed by atoms with Gasteiger partial charge in [0.25, 0.3) is 0 Å². The molecule has 6 N–H and O–H groups in total. The summed E-state index contributed by atoms with van der Waals surface area (Å²) in [5, 5.41) is 54.7. The molecule has 1 fully saturated rings. The van der Waals surface area contributed by atoms with E-state index in [1.165, 1.54) is 122 Å². The van der Waals surface area contributed by atoms with E-state index in [1.807, 2.05) is 6.08 Å². The average molecular weight is 1150 g/mol. The zero-order valence-corrected chi connectivity index (χ0v) is 52.6. The highest BCUT2D eigenvalue weighted by Gasteiger charge is 2.44. The van der Waals surface area contributed by atoms with E-state index >= 15 is 0 Å². The lowest BCUT2D eigenvalue weighted by Gasteiger charge is -2.40. The molecule has 1 aliphatic heterocycles. The van der Waals surface area contributed by atoms with Crippen molar-refractivity contribution in [3.05, 3.63) is 146 Å². The van der Waals surface area contributed by atoms with Gasteiger partial charge in [0.15, 0.2) is 6.29 Å². The van der Waals surface area contributed by atoms with Gasteiger partial charge in [-0.1, -0.05) is 288 Å². The van der Waals surface area contributed by atoms with Crippen LogP contribution in [0.5, 0.6) is 0 Å². The SMILES string of the molecule is CC/C=C\C/C=C\C/C=C\C/C=C\C/C=C\C/C=C\C/C=C\C/C=C\C/C=C\C/C=C\CCCCCCC(=O)NC(COC1OC(CO)C(O)C(O)C1O)C(O)/C=C/CC/C=C/CCCCCCCCCCCCCCCCCCCCC. The molecule has 0 radical (unpaired) electrons. The maximum atomic E-state index is 13.1.